The van der Waals surface area contributed by atoms with Gasteiger partial charge in [0.1, 0.15) is 5.60 Å². The van der Waals surface area contributed by atoms with E-state index in [9.17, 15) is 28.0 Å². The summed E-state index contributed by atoms with van der Waals surface area (Å²) >= 11 is 6.44. The number of carbonyl (C=O) groups excluding carboxylic acids is 4. The van der Waals surface area contributed by atoms with Gasteiger partial charge in [-0.25, -0.2) is 14.2 Å². The molecular formula is C32H37ClF2N6O6. The van der Waals surface area contributed by atoms with E-state index in [2.05, 4.69) is 15.6 Å². The van der Waals surface area contributed by atoms with E-state index >= 15 is 0 Å². The molecule has 1 aromatic heterocycles. The number of hydrogen-bond acceptors (Lipinski definition) is 7. The normalized spacial score (nSPS) is 13.3. The Kier molecular flexibility index (Phi) is 11.1. The van der Waals surface area contributed by atoms with Crippen LogP contribution in [-0.2, 0) is 16.6 Å². The molecule has 252 valence electrons. The number of hydrogen-bond donors (Lipinski definition) is 2. The van der Waals surface area contributed by atoms with Crippen LogP contribution in [-0.4, -0.2) is 88.6 Å². The van der Waals surface area contributed by atoms with Crippen molar-refractivity contribution in [2.75, 3.05) is 45.2 Å². The number of methoxy groups -OCH3 is 1. The van der Waals surface area contributed by atoms with Crippen molar-refractivity contribution in [1.82, 2.24) is 24.7 Å². The van der Waals surface area contributed by atoms with E-state index in [4.69, 9.17) is 21.1 Å². The molecule has 1 aliphatic heterocycles. The molecule has 1 saturated heterocycles. The summed E-state index contributed by atoms with van der Waals surface area (Å²) in [5.74, 6) is -3.63. The van der Waals surface area contributed by atoms with Crippen LogP contribution in [0.4, 0.5) is 19.3 Å². The van der Waals surface area contributed by atoms with Gasteiger partial charge in [0, 0.05) is 57.4 Å². The minimum Gasteiger partial charge on any atom is -0.494 e. The molecule has 0 radical (unpaired) electrons. The fourth-order valence-electron chi connectivity index (χ4n) is 4.94. The maximum absolute atomic E-state index is 14.7. The Morgan fingerprint density at radius 2 is 1.68 bits per heavy atom. The van der Waals surface area contributed by atoms with Crippen LogP contribution in [0, 0.1) is 11.6 Å². The van der Waals surface area contributed by atoms with Crippen molar-refractivity contribution in [1.29, 1.82) is 0 Å². The molecule has 0 saturated carbocycles. The van der Waals surface area contributed by atoms with Gasteiger partial charge in [0.2, 0.25) is 11.7 Å². The van der Waals surface area contributed by atoms with Crippen molar-refractivity contribution in [3.8, 4) is 17.0 Å². The molecule has 3 aromatic rings. The summed E-state index contributed by atoms with van der Waals surface area (Å²) in [5, 5.41) is 5.40. The van der Waals surface area contributed by atoms with Crippen LogP contribution in [0.25, 0.3) is 11.3 Å². The number of nitrogens with one attached hydrogen (secondary N) is 2. The number of ether oxygens (including phenoxy) is 2. The van der Waals surface area contributed by atoms with Gasteiger partial charge in [-0.3, -0.25) is 14.4 Å². The number of aromatic nitrogens is 2. The average molecular weight is 675 g/mol. The molecule has 0 unspecified atom stereocenters. The van der Waals surface area contributed by atoms with Gasteiger partial charge < -0.3 is 34.5 Å². The number of imidazole rings is 1. The van der Waals surface area contributed by atoms with Crippen molar-refractivity contribution in [3.05, 3.63) is 64.6 Å². The summed E-state index contributed by atoms with van der Waals surface area (Å²) in [5.41, 5.74) is -0.00293. The van der Waals surface area contributed by atoms with Crippen molar-refractivity contribution in [2.24, 2.45) is 7.05 Å². The number of rotatable bonds is 9. The monoisotopic (exact) mass is 674 g/mol. The molecule has 2 heterocycles. The van der Waals surface area contributed by atoms with Gasteiger partial charge in [-0.1, -0.05) is 11.6 Å². The zero-order valence-electron chi connectivity index (χ0n) is 26.8. The molecule has 15 heteroatoms. The van der Waals surface area contributed by atoms with Crippen LogP contribution in [0.1, 0.15) is 54.6 Å². The number of benzene rings is 2. The maximum Gasteiger partial charge on any atom is 0.407 e. The third-order valence-electron chi connectivity index (χ3n) is 7.35. The molecule has 1 fully saturated rings. The molecule has 0 aliphatic carbocycles. The maximum atomic E-state index is 14.7. The highest BCUT2D eigenvalue weighted by atomic mass is 35.5. The van der Waals surface area contributed by atoms with Gasteiger partial charge >= 0.3 is 6.09 Å². The van der Waals surface area contributed by atoms with Gasteiger partial charge in [-0.2, -0.15) is 4.39 Å². The first-order chi connectivity index (χ1) is 22.2. The molecule has 2 N–H and O–H groups in total. The lowest BCUT2D eigenvalue weighted by molar-refractivity contribution is -0.132. The number of carbonyl (C=O) groups is 4. The number of amides is 4. The Hall–Kier alpha value is -4.72. The fourth-order valence-corrected chi connectivity index (χ4v) is 5.20. The first-order valence-corrected chi connectivity index (χ1v) is 15.3. The lowest BCUT2D eigenvalue weighted by atomic mass is 10.1. The van der Waals surface area contributed by atoms with Crippen molar-refractivity contribution in [2.45, 2.75) is 39.2 Å². The van der Waals surface area contributed by atoms with E-state index < -0.39 is 29.2 Å². The average Bonchev–Trinajstić information content (AvgIpc) is 3.40. The number of nitrogens with zero attached hydrogens (tertiary/aromatic N) is 4. The minimum atomic E-state index is -1.15. The molecule has 4 rings (SSSR count). The van der Waals surface area contributed by atoms with Crippen LogP contribution in [0.2, 0.25) is 5.02 Å². The highest BCUT2D eigenvalue weighted by molar-refractivity contribution is 6.34. The summed E-state index contributed by atoms with van der Waals surface area (Å²) in [6.07, 6.45) is 1.43. The van der Waals surface area contributed by atoms with E-state index in [-0.39, 0.29) is 51.7 Å². The summed E-state index contributed by atoms with van der Waals surface area (Å²) < 4.78 is 40.2. The second-order valence-corrected chi connectivity index (χ2v) is 12.2. The zero-order chi connectivity index (χ0) is 34.5. The number of alkyl carbamates (subject to hydrolysis) is 1. The molecule has 12 nitrogen and oxygen atoms in total. The van der Waals surface area contributed by atoms with Crippen LogP contribution >= 0.6 is 11.6 Å². The molecular weight excluding hydrogens is 638 g/mol. The van der Waals surface area contributed by atoms with E-state index in [1.807, 2.05) is 0 Å². The predicted molar refractivity (Wildman–Crippen MR) is 170 cm³/mol. The molecule has 1 aliphatic rings. The summed E-state index contributed by atoms with van der Waals surface area (Å²) in [6, 6.07) is 7.05. The van der Waals surface area contributed by atoms with Crippen molar-refractivity contribution >= 4 is 41.1 Å². The molecule has 2 aromatic carbocycles. The third kappa shape index (κ3) is 8.56. The third-order valence-corrected chi connectivity index (χ3v) is 7.66. The molecule has 4 amide bonds. The first-order valence-electron chi connectivity index (χ1n) is 14.9. The van der Waals surface area contributed by atoms with Gasteiger partial charge in [0.05, 0.1) is 29.6 Å². The molecule has 0 spiro atoms. The number of anilines is 1. The van der Waals surface area contributed by atoms with Crippen LogP contribution in [0.15, 0.2) is 36.5 Å². The number of piperazine rings is 1. The Balaban J connectivity index is 1.30. The lowest BCUT2D eigenvalue weighted by Gasteiger charge is -2.35. The van der Waals surface area contributed by atoms with Crippen LogP contribution in [0.5, 0.6) is 5.75 Å². The van der Waals surface area contributed by atoms with Crippen LogP contribution < -0.4 is 15.4 Å². The fraction of sp³-hybridized carbons (Fsp3) is 0.406. The van der Waals surface area contributed by atoms with Crippen molar-refractivity contribution in [3.63, 3.8) is 0 Å². The second-order valence-electron chi connectivity index (χ2n) is 11.8. The summed E-state index contributed by atoms with van der Waals surface area (Å²) in [4.78, 5) is 57.9. The molecule has 47 heavy (non-hydrogen) atoms. The van der Waals surface area contributed by atoms with Crippen LogP contribution in [0.3, 0.4) is 0 Å². The highest BCUT2D eigenvalue weighted by Crippen LogP contribution is 2.30. The van der Waals surface area contributed by atoms with Gasteiger partial charge in [-0.05, 0) is 57.5 Å². The highest BCUT2D eigenvalue weighted by Gasteiger charge is 2.27. The van der Waals surface area contributed by atoms with E-state index in [0.717, 1.165) is 0 Å². The van der Waals surface area contributed by atoms with E-state index in [1.54, 1.807) is 30.6 Å². The summed E-state index contributed by atoms with van der Waals surface area (Å²) in [7, 11) is 2.72. The lowest BCUT2D eigenvalue weighted by Crippen LogP contribution is -2.50. The van der Waals surface area contributed by atoms with Gasteiger partial charge in [0.15, 0.2) is 17.4 Å². The minimum absolute atomic E-state index is 0.0673. The Bertz CT molecular complexity index is 1670. The van der Waals surface area contributed by atoms with E-state index in [0.29, 0.717) is 44.8 Å². The summed E-state index contributed by atoms with van der Waals surface area (Å²) in [6.45, 7) is 6.96. The smallest absolute Gasteiger partial charge is 0.407 e. The first kappa shape index (κ1) is 35.1. The molecule has 0 atom stereocenters. The Morgan fingerprint density at radius 3 is 2.32 bits per heavy atom. The Labute approximate surface area is 276 Å². The largest absolute Gasteiger partial charge is 0.494 e. The SMILES string of the molecule is COc1ccc(-c2cnc(C(=O)Nc3ccc(C(=O)N4CCN(C(=O)CCCNC(=O)OC(C)(C)C)CC4)c(Cl)c3)n2C)c(F)c1F. The molecule has 0 bridgehead atoms. The van der Waals surface area contributed by atoms with Gasteiger partial charge in [0.25, 0.3) is 11.8 Å². The Morgan fingerprint density at radius 1 is 1.00 bits per heavy atom. The number of halogens is 3. The standard InChI is InChI=1S/C32H37ClF2N6O6/c1-32(2,3)47-31(45)36-12-6-7-25(42)40-13-15-41(16-14-40)30(44)20-9-8-19(17-22(20)33)38-29(43)28-37-18-23(39(28)4)21-10-11-24(46-5)27(35)26(21)34/h8-11,17-18H,6-7,12-16H2,1-5H3,(H,36,45)(H,38,43). The predicted octanol–water partition coefficient (Wildman–Crippen LogP) is 4.87. The van der Waals surface area contributed by atoms with Crippen molar-refractivity contribution < 1.29 is 37.4 Å². The topological polar surface area (TPSA) is 135 Å². The van der Waals surface area contributed by atoms with E-state index in [1.165, 1.54) is 55.3 Å². The zero-order valence-corrected chi connectivity index (χ0v) is 27.5. The second kappa shape index (κ2) is 14.8. The van der Waals surface area contributed by atoms with Gasteiger partial charge in [-0.15, -0.1) is 0 Å². The quantitative estimate of drug-likeness (QED) is 0.309.